The Morgan fingerprint density at radius 2 is 0.500 bits per heavy atom. The minimum Gasteiger partial charge on any atom is -0.307 e. The molecule has 6 nitrogen and oxygen atoms in total. The van der Waals surface area contributed by atoms with Gasteiger partial charge >= 0.3 is 0 Å². The Balaban J connectivity index is 0.00000433. The standard InChI is InChI=1S/C57H36N6.CH4/c1-3-19-37(20-4-1)55-58-56(38-21-5-2-6-22-38)60-57(59-55)39-35-52(61-46-29-13-7-23-40(46)41-24-8-14-30-47(41)61)54(63-50-33-17-11-27-44(50)45-28-12-18-34-51(45)63)53(36-39)62-48-31-15-9-25-42(48)43-26-10-16-32-49(43)62;/h1-36H;1H4. The normalized spacial score (nSPS) is 11.6. The summed E-state index contributed by atoms with van der Waals surface area (Å²) in [6, 6.07) is 77.5. The van der Waals surface area contributed by atoms with E-state index in [1.54, 1.807) is 0 Å². The molecule has 0 radical (unpaired) electrons. The summed E-state index contributed by atoms with van der Waals surface area (Å²) >= 11 is 0. The van der Waals surface area contributed by atoms with Crippen molar-refractivity contribution in [1.29, 1.82) is 0 Å². The molecule has 0 aliphatic rings. The molecule has 0 amide bonds. The van der Waals surface area contributed by atoms with E-state index in [0.717, 1.165) is 66.9 Å². The first-order valence-electron chi connectivity index (χ1n) is 21.3. The van der Waals surface area contributed by atoms with E-state index in [4.69, 9.17) is 15.0 Å². The lowest BCUT2D eigenvalue weighted by molar-refractivity contribution is 1.04. The SMILES string of the molecule is C.c1ccc(-c2nc(-c3ccccc3)nc(-c3cc(-n4c5ccccc5c5ccccc54)c(-n4c5ccccc5c5ccccc54)c(-n4c5ccccc5c5ccccc54)c3)n2)cc1. The fourth-order valence-corrected chi connectivity index (χ4v) is 9.77. The average Bonchev–Trinajstić information content (AvgIpc) is 4.00. The summed E-state index contributed by atoms with van der Waals surface area (Å²) < 4.78 is 7.37. The molecular formula is C58H40N6. The van der Waals surface area contributed by atoms with E-state index >= 15 is 0 Å². The van der Waals surface area contributed by atoms with E-state index in [2.05, 4.69) is 196 Å². The van der Waals surface area contributed by atoms with E-state index in [9.17, 15) is 0 Å². The number of aromatic nitrogens is 6. The molecule has 0 bridgehead atoms. The van der Waals surface area contributed by atoms with Gasteiger partial charge in [-0.15, -0.1) is 0 Å². The fourth-order valence-electron chi connectivity index (χ4n) is 9.77. The third-order valence-electron chi connectivity index (χ3n) is 12.5. The smallest absolute Gasteiger partial charge is 0.164 e. The molecule has 13 rings (SSSR count). The van der Waals surface area contributed by atoms with Gasteiger partial charge in [0.2, 0.25) is 0 Å². The lowest BCUT2D eigenvalue weighted by atomic mass is 10.1. The molecule has 0 saturated carbocycles. The molecule has 0 aliphatic carbocycles. The Morgan fingerprint density at radius 1 is 0.250 bits per heavy atom. The van der Waals surface area contributed by atoms with Crippen LogP contribution in [-0.2, 0) is 0 Å². The van der Waals surface area contributed by atoms with Crippen molar-refractivity contribution in [2.24, 2.45) is 0 Å². The Morgan fingerprint density at radius 3 is 0.812 bits per heavy atom. The Labute approximate surface area is 369 Å². The molecule has 4 heterocycles. The highest BCUT2D eigenvalue weighted by Crippen LogP contribution is 2.44. The first-order chi connectivity index (χ1) is 31.3. The van der Waals surface area contributed by atoms with Crippen molar-refractivity contribution in [1.82, 2.24) is 28.7 Å². The quantitative estimate of drug-likeness (QED) is 0.168. The van der Waals surface area contributed by atoms with E-state index < -0.39 is 0 Å². The minimum absolute atomic E-state index is 0. The molecule has 0 aliphatic heterocycles. The van der Waals surface area contributed by atoms with E-state index in [1.165, 1.54) is 32.3 Å². The first kappa shape index (κ1) is 37.2. The number of fused-ring (bicyclic) bond motifs is 9. The van der Waals surface area contributed by atoms with E-state index in [1.807, 2.05) is 36.4 Å². The van der Waals surface area contributed by atoms with Crippen LogP contribution in [0.4, 0.5) is 0 Å². The van der Waals surface area contributed by atoms with Gasteiger partial charge in [0.1, 0.15) is 0 Å². The maximum Gasteiger partial charge on any atom is 0.164 e. The lowest BCUT2D eigenvalue weighted by Gasteiger charge is -2.23. The summed E-state index contributed by atoms with van der Waals surface area (Å²) in [5, 5.41) is 7.11. The molecular weight excluding hydrogens is 781 g/mol. The minimum atomic E-state index is 0. The summed E-state index contributed by atoms with van der Waals surface area (Å²) in [5.74, 6) is 1.81. The van der Waals surface area contributed by atoms with Crippen LogP contribution in [0, 0.1) is 0 Å². The summed E-state index contributed by atoms with van der Waals surface area (Å²) in [5.41, 5.74) is 12.4. The number of nitrogens with zero attached hydrogens (tertiary/aromatic N) is 6. The van der Waals surface area contributed by atoms with Gasteiger partial charge in [-0.25, -0.2) is 15.0 Å². The monoisotopic (exact) mass is 820 g/mol. The molecule has 0 saturated heterocycles. The average molecular weight is 821 g/mol. The summed E-state index contributed by atoms with van der Waals surface area (Å²) in [7, 11) is 0. The van der Waals surface area contributed by atoms with Crippen LogP contribution in [0.15, 0.2) is 218 Å². The molecule has 64 heavy (non-hydrogen) atoms. The van der Waals surface area contributed by atoms with Crippen LogP contribution in [0.25, 0.3) is 117 Å². The van der Waals surface area contributed by atoms with Gasteiger partial charge in [0.15, 0.2) is 17.5 Å². The van der Waals surface area contributed by atoms with Crippen LogP contribution >= 0.6 is 0 Å². The maximum absolute atomic E-state index is 5.34. The van der Waals surface area contributed by atoms with Gasteiger partial charge < -0.3 is 13.7 Å². The zero-order chi connectivity index (χ0) is 41.4. The van der Waals surface area contributed by atoms with Crippen LogP contribution in [0.3, 0.4) is 0 Å². The van der Waals surface area contributed by atoms with E-state index in [-0.39, 0.29) is 7.43 Å². The van der Waals surface area contributed by atoms with Crippen molar-refractivity contribution in [3.05, 3.63) is 218 Å². The topological polar surface area (TPSA) is 53.5 Å². The second kappa shape index (κ2) is 14.8. The zero-order valence-electron chi connectivity index (χ0n) is 34.0. The molecule has 0 fully saturated rings. The highest BCUT2D eigenvalue weighted by Gasteiger charge is 2.27. The molecule has 6 heteroatoms. The Bertz CT molecular complexity index is 3560. The summed E-state index contributed by atoms with van der Waals surface area (Å²) in [6.07, 6.45) is 0. The molecule has 0 unspecified atom stereocenters. The van der Waals surface area contributed by atoms with Crippen molar-refractivity contribution in [3.63, 3.8) is 0 Å². The molecule has 302 valence electrons. The molecule has 0 spiro atoms. The largest absolute Gasteiger partial charge is 0.307 e. The predicted octanol–water partition coefficient (Wildman–Crippen LogP) is 14.8. The van der Waals surface area contributed by atoms with Gasteiger partial charge in [-0.2, -0.15) is 0 Å². The molecule has 0 N–H and O–H groups in total. The third-order valence-corrected chi connectivity index (χ3v) is 12.5. The fraction of sp³-hybridized carbons (Fsp3) is 0.0172. The van der Waals surface area contributed by atoms with Crippen LogP contribution in [0.2, 0.25) is 0 Å². The highest BCUT2D eigenvalue weighted by molar-refractivity contribution is 6.13. The maximum atomic E-state index is 5.34. The summed E-state index contributed by atoms with van der Waals surface area (Å²) in [6.45, 7) is 0. The Hall–Kier alpha value is -8.61. The molecule has 0 atom stereocenters. The highest BCUT2D eigenvalue weighted by atomic mass is 15.1. The van der Waals surface area contributed by atoms with Crippen LogP contribution in [0.5, 0.6) is 0 Å². The van der Waals surface area contributed by atoms with Crippen LogP contribution < -0.4 is 0 Å². The number of hydrogen-bond acceptors (Lipinski definition) is 3. The third kappa shape index (κ3) is 5.63. The van der Waals surface area contributed by atoms with Gasteiger partial charge in [-0.3, -0.25) is 0 Å². The number of para-hydroxylation sites is 6. The predicted molar refractivity (Wildman–Crippen MR) is 266 cm³/mol. The van der Waals surface area contributed by atoms with Crippen molar-refractivity contribution in [2.75, 3.05) is 0 Å². The van der Waals surface area contributed by atoms with Gasteiger partial charge in [-0.05, 0) is 48.5 Å². The van der Waals surface area contributed by atoms with Gasteiger partial charge in [0, 0.05) is 49.0 Å². The zero-order valence-corrected chi connectivity index (χ0v) is 34.0. The van der Waals surface area contributed by atoms with Crippen molar-refractivity contribution in [2.45, 2.75) is 7.43 Å². The number of rotatable bonds is 6. The van der Waals surface area contributed by atoms with Crippen LogP contribution in [0.1, 0.15) is 7.43 Å². The lowest BCUT2D eigenvalue weighted by Crippen LogP contribution is -2.10. The van der Waals surface area contributed by atoms with Gasteiger partial charge in [0.05, 0.1) is 50.2 Å². The van der Waals surface area contributed by atoms with Crippen molar-refractivity contribution >= 4 is 65.4 Å². The van der Waals surface area contributed by atoms with Gasteiger partial charge in [-0.1, -0.05) is 177 Å². The summed E-state index contributed by atoms with van der Waals surface area (Å²) in [4.78, 5) is 15.8. The van der Waals surface area contributed by atoms with Crippen molar-refractivity contribution < 1.29 is 0 Å². The Kier molecular flexibility index (Phi) is 8.59. The molecule has 13 aromatic rings. The number of benzene rings is 9. The molecule has 4 aromatic heterocycles. The molecule has 9 aromatic carbocycles. The second-order valence-electron chi connectivity index (χ2n) is 16.0. The first-order valence-corrected chi connectivity index (χ1v) is 21.3. The van der Waals surface area contributed by atoms with E-state index in [0.29, 0.717) is 17.5 Å². The second-order valence-corrected chi connectivity index (χ2v) is 16.0. The van der Waals surface area contributed by atoms with Gasteiger partial charge in [0.25, 0.3) is 0 Å². The van der Waals surface area contributed by atoms with Crippen LogP contribution in [-0.4, -0.2) is 28.7 Å². The number of hydrogen-bond donors (Lipinski definition) is 0. The van der Waals surface area contributed by atoms with Crippen molar-refractivity contribution in [3.8, 4) is 51.2 Å².